The van der Waals surface area contributed by atoms with E-state index in [-0.39, 0.29) is 24.2 Å². The van der Waals surface area contributed by atoms with Gasteiger partial charge in [0.1, 0.15) is 5.75 Å². The van der Waals surface area contributed by atoms with Crippen molar-refractivity contribution < 1.29 is 14.3 Å². The number of hydrogen-bond donors (Lipinski definition) is 0. The minimum Gasteiger partial charge on any atom is -0.492 e. The molecular formula is C24H29N3O3. The lowest BCUT2D eigenvalue weighted by Gasteiger charge is -2.37. The van der Waals surface area contributed by atoms with Gasteiger partial charge in [0.2, 0.25) is 11.8 Å². The van der Waals surface area contributed by atoms with E-state index >= 15 is 0 Å². The molecule has 4 rings (SSSR count). The van der Waals surface area contributed by atoms with Crippen LogP contribution >= 0.6 is 0 Å². The highest BCUT2D eigenvalue weighted by atomic mass is 16.5. The van der Waals surface area contributed by atoms with Gasteiger partial charge in [-0.05, 0) is 37.6 Å². The van der Waals surface area contributed by atoms with E-state index in [4.69, 9.17) is 4.74 Å². The van der Waals surface area contributed by atoms with Crippen LogP contribution < -0.4 is 14.5 Å². The minimum atomic E-state index is -0.294. The summed E-state index contributed by atoms with van der Waals surface area (Å²) in [6, 6.07) is 15.9. The SMILES string of the molecule is CCOc1ccccc1N1C[C@@H](C(=O)N2CCN(c3ccccc3C)CC2)CC1=O. The Hall–Kier alpha value is -3.02. The monoisotopic (exact) mass is 407 g/mol. The lowest BCUT2D eigenvalue weighted by atomic mass is 10.1. The molecule has 2 fully saturated rings. The second kappa shape index (κ2) is 8.78. The van der Waals surface area contributed by atoms with Gasteiger partial charge in [-0.15, -0.1) is 0 Å². The molecule has 2 aromatic rings. The zero-order valence-electron chi connectivity index (χ0n) is 17.7. The van der Waals surface area contributed by atoms with Crippen molar-refractivity contribution in [3.05, 3.63) is 54.1 Å². The Morgan fingerprint density at radius 2 is 1.67 bits per heavy atom. The Labute approximate surface area is 178 Å². The summed E-state index contributed by atoms with van der Waals surface area (Å²) < 4.78 is 5.68. The number of ether oxygens (including phenoxy) is 1. The molecule has 0 radical (unpaired) electrons. The first kappa shape index (κ1) is 20.3. The number of aryl methyl sites for hydroxylation is 1. The van der Waals surface area contributed by atoms with Gasteiger partial charge in [0.15, 0.2) is 0 Å². The first-order valence-corrected chi connectivity index (χ1v) is 10.7. The third kappa shape index (κ3) is 3.99. The Bertz CT molecular complexity index is 921. The van der Waals surface area contributed by atoms with Gasteiger partial charge in [-0.3, -0.25) is 9.59 Å². The van der Waals surface area contributed by atoms with Crippen LogP contribution in [0, 0.1) is 12.8 Å². The molecule has 0 aromatic heterocycles. The van der Waals surface area contributed by atoms with Crippen molar-refractivity contribution in [1.82, 2.24) is 4.90 Å². The van der Waals surface area contributed by atoms with Crippen molar-refractivity contribution in [1.29, 1.82) is 0 Å². The van der Waals surface area contributed by atoms with Crippen LogP contribution in [0.1, 0.15) is 18.9 Å². The summed E-state index contributed by atoms with van der Waals surface area (Å²) in [5.74, 6) is 0.466. The number of nitrogens with zero attached hydrogens (tertiary/aromatic N) is 3. The summed E-state index contributed by atoms with van der Waals surface area (Å²) >= 11 is 0. The van der Waals surface area contributed by atoms with Crippen molar-refractivity contribution in [3.8, 4) is 5.75 Å². The maximum absolute atomic E-state index is 13.1. The summed E-state index contributed by atoms with van der Waals surface area (Å²) in [6.07, 6.45) is 0.261. The number of amides is 2. The highest BCUT2D eigenvalue weighted by Gasteiger charge is 2.38. The molecule has 2 aromatic carbocycles. The standard InChI is InChI=1S/C24H29N3O3/c1-3-30-22-11-7-6-10-21(22)27-17-19(16-23(27)28)24(29)26-14-12-25(13-15-26)20-9-5-4-8-18(20)2/h4-11,19H,3,12-17H2,1-2H3/t19-/m0/s1. The number of anilines is 2. The fourth-order valence-corrected chi connectivity index (χ4v) is 4.41. The quantitative estimate of drug-likeness (QED) is 0.764. The van der Waals surface area contributed by atoms with Gasteiger partial charge in [-0.1, -0.05) is 30.3 Å². The number of piperazine rings is 1. The number of carbonyl (C=O) groups excluding carboxylic acids is 2. The van der Waals surface area contributed by atoms with Gasteiger partial charge in [0.25, 0.3) is 0 Å². The molecule has 6 nitrogen and oxygen atoms in total. The molecule has 0 unspecified atom stereocenters. The predicted octanol–water partition coefficient (Wildman–Crippen LogP) is 3.10. The van der Waals surface area contributed by atoms with Crippen LogP contribution in [0.15, 0.2) is 48.5 Å². The Morgan fingerprint density at radius 1 is 1.00 bits per heavy atom. The number of carbonyl (C=O) groups is 2. The summed E-state index contributed by atoms with van der Waals surface area (Å²) in [5.41, 5.74) is 3.24. The molecular weight excluding hydrogens is 378 g/mol. The molecule has 1 atom stereocenters. The summed E-state index contributed by atoms with van der Waals surface area (Å²) in [6.45, 7) is 7.99. The van der Waals surface area contributed by atoms with E-state index in [0.717, 1.165) is 18.8 Å². The number of rotatable bonds is 5. The van der Waals surface area contributed by atoms with E-state index in [2.05, 4.69) is 30.0 Å². The molecule has 0 saturated carbocycles. The predicted molar refractivity (Wildman–Crippen MR) is 118 cm³/mol. The maximum atomic E-state index is 13.1. The normalized spacial score (nSPS) is 19.3. The molecule has 2 amide bonds. The van der Waals surface area contributed by atoms with Crippen LogP contribution in [0.4, 0.5) is 11.4 Å². The number of para-hydroxylation sites is 3. The summed E-state index contributed by atoms with van der Waals surface area (Å²) in [4.78, 5) is 31.8. The molecule has 30 heavy (non-hydrogen) atoms. The second-order valence-corrected chi connectivity index (χ2v) is 7.90. The van der Waals surface area contributed by atoms with Crippen molar-refractivity contribution in [2.75, 3.05) is 49.1 Å². The van der Waals surface area contributed by atoms with Crippen molar-refractivity contribution in [2.45, 2.75) is 20.3 Å². The third-order valence-corrected chi connectivity index (χ3v) is 5.98. The van der Waals surface area contributed by atoms with Crippen molar-refractivity contribution >= 4 is 23.2 Å². The lowest BCUT2D eigenvalue weighted by Crippen LogP contribution is -2.50. The van der Waals surface area contributed by atoms with Crippen LogP contribution in [-0.4, -0.2) is 56.0 Å². The van der Waals surface area contributed by atoms with Gasteiger partial charge in [-0.2, -0.15) is 0 Å². The van der Waals surface area contributed by atoms with E-state index in [9.17, 15) is 9.59 Å². The van der Waals surface area contributed by atoms with Crippen molar-refractivity contribution in [3.63, 3.8) is 0 Å². The first-order chi connectivity index (χ1) is 14.6. The molecule has 2 aliphatic heterocycles. The Morgan fingerprint density at radius 3 is 2.37 bits per heavy atom. The third-order valence-electron chi connectivity index (χ3n) is 5.98. The van der Waals surface area contributed by atoms with E-state index in [1.54, 1.807) is 4.90 Å². The fourth-order valence-electron chi connectivity index (χ4n) is 4.41. The Kier molecular flexibility index (Phi) is 5.93. The van der Waals surface area contributed by atoms with E-state index in [1.165, 1.54) is 11.3 Å². The number of benzene rings is 2. The van der Waals surface area contributed by atoms with E-state index in [1.807, 2.05) is 42.2 Å². The molecule has 2 heterocycles. The first-order valence-electron chi connectivity index (χ1n) is 10.7. The molecule has 0 N–H and O–H groups in total. The van der Waals surface area contributed by atoms with Gasteiger partial charge in [0.05, 0.1) is 18.2 Å². The van der Waals surface area contributed by atoms with Crippen LogP contribution in [0.5, 0.6) is 5.75 Å². The average Bonchev–Trinajstić information content (AvgIpc) is 3.16. The number of hydrogen-bond acceptors (Lipinski definition) is 4. The highest BCUT2D eigenvalue weighted by molar-refractivity contribution is 6.01. The summed E-state index contributed by atoms with van der Waals surface area (Å²) in [5, 5.41) is 0. The molecule has 0 spiro atoms. The smallest absolute Gasteiger partial charge is 0.228 e. The lowest BCUT2D eigenvalue weighted by molar-refractivity contribution is -0.136. The largest absolute Gasteiger partial charge is 0.492 e. The second-order valence-electron chi connectivity index (χ2n) is 7.90. The van der Waals surface area contributed by atoms with Gasteiger partial charge >= 0.3 is 0 Å². The maximum Gasteiger partial charge on any atom is 0.228 e. The van der Waals surface area contributed by atoms with Crippen LogP contribution in [-0.2, 0) is 9.59 Å². The topological polar surface area (TPSA) is 53.1 Å². The Balaban J connectivity index is 1.40. The molecule has 0 aliphatic carbocycles. The van der Waals surface area contributed by atoms with Gasteiger partial charge in [0, 0.05) is 44.8 Å². The van der Waals surface area contributed by atoms with E-state index < -0.39 is 0 Å². The van der Waals surface area contributed by atoms with Gasteiger partial charge < -0.3 is 19.4 Å². The fraction of sp³-hybridized carbons (Fsp3) is 0.417. The molecule has 2 aliphatic rings. The van der Waals surface area contributed by atoms with E-state index in [0.29, 0.717) is 32.0 Å². The average molecular weight is 408 g/mol. The van der Waals surface area contributed by atoms with Crippen molar-refractivity contribution in [2.24, 2.45) is 5.92 Å². The zero-order valence-corrected chi connectivity index (χ0v) is 17.7. The molecule has 6 heteroatoms. The van der Waals surface area contributed by atoms with Crippen LogP contribution in [0.2, 0.25) is 0 Å². The molecule has 2 saturated heterocycles. The zero-order chi connectivity index (χ0) is 21.1. The molecule has 158 valence electrons. The van der Waals surface area contributed by atoms with Crippen LogP contribution in [0.3, 0.4) is 0 Å². The van der Waals surface area contributed by atoms with Crippen LogP contribution in [0.25, 0.3) is 0 Å². The highest BCUT2D eigenvalue weighted by Crippen LogP contribution is 2.33. The van der Waals surface area contributed by atoms with Gasteiger partial charge in [-0.25, -0.2) is 0 Å². The minimum absolute atomic E-state index is 0.0148. The molecule has 0 bridgehead atoms. The summed E-state index contributed by atoms with van der Waals surface area (Å²) in [7, 11) is 0.